The highest BCUT2D eigenvalue weighted by Gasteiger charge is 2.18. The second kappa shape index (κ2) is 4.37. The number of methoxy groups -OCH3 is 1. The van der Waals surface area contributed by atoms with Crippen molar-refractivity contribution in [3.05, 3.63) is 30.4 Å². The Balaban J connectivity index is 1.89. The maximum absolute atomic E-state index is 5.40. The van der Waals surface area contributed by atoms with Crippen LogP contribution in [0.25, 0.3) is 5.52 Å². The summed E-state index contributed by atoms with van der Waals surface area (Å²) >= 11 is 0. The van der Waals surface area contributed by atoms with Crippen molar-refractivity contribution in [2.24, 2.45) is 5.92 Å². The van der Waals surface area contributed by atoms with Gasteiger partial charge in [0.25, 0.3) is 0 Å². The summed E-state index contributed by atoms with van der Waals surface area (Å²) in [6.07, 6.45) is 6.05. The van der Waals surface area contributed by atoms with E-state index in [2.05, 4.69) is 9.38 Å². The molecule has 1 fully saturated rings. The van der Waals surface area contributed by atoms with Crippen LogP contribution in [0.2, 0.25) is 0 Å². The molecule has 0 aliphatic carbocycles. The Morgan fingerprint density at radius 3 is 3.29 bits per heavy atom. The fraction of sp³-hybridized carbons (Fsp3) is 0.462. The monoisotopic (exact) mass is 232 g/mol. The summed E-state index contributed by atoms with van der Waals surface area (Å²) in [7, 11) is 1.68. The Morgan fingerprint density at radius 2 is 2.53 bits per heavy atom. The van der Waals surface area contributed by atoms with Gasteiger partial charge in [0.2, 0.25) is 0 Å². The average molecular weight is 232 g/mol. The summed E-state index contributed by atoms with van der Waals surface area (Å²) in [4.78, 5) is 4.49. The van der Waals surface area contributed by atoms with E-state index in [9.17, 15) is 0 Å². The molecule has 1 saturated heterocycles. The SMILES string of the molecule is COc1ccn2c(CC3CCOC3)ncc2c1. The number of ether oxygens (including phenoxy) is 2. The van der Waals surface area contributed by atoms with Gasteiger partial charge in [-0.2, -0.15) is 0 Å². The summed E-state index contributed by atoms with van der Waals surface area (Å²) in [5.74, 6) is 2.59. The number of hydrogen-bond acceptors (Lipinski definition) is 3. The number of pyridine rings is 1. The van der Waals surface area contributed by atoms with Gasteiger partial charge in [0, 0.05) is 31.9 Å². The van der Waals surface area contributed by atoms with Gasteiger partial charge in [-0.05, 0) is 18.4 Å². The van der Waals surface area contributed by atoms with Crippen molar-refractivity contribution >= 4 is 5.52 Å². The minimum absolute atomic E-state index is 0.614. The van der Waals surface area contributed by atoms with Gasteiger partial charge in [-0.25, -0.2) is 4.98 Å². The molecule has 1 unspecified atom stereocenters. The van der Waals surface area contributed by atoms with Gasteiger partial charge in [0.1, 0.15) is 11.6 Å². The summed E-state index contributed by atoms with van der Waals surface area (Å²) in [5, 5.41) is 0. The van der Waals surface area contributed by atoms with Crippen molar-refractivity contribution in [3.8, 4) is 5.75 Å². The molecule has 0 amide bonds. The van der Waals surface area contributed by atoms with Crippen molar-refractivity contribution in [3.63, 3.8) is 0 Å². The lowest BCUT2D eigenvalue weighted by Crippen LogP contribution is -2.07. The molecule has 3 rings (SSSR count). The number of imidazole rings is 1. The van der Waals surface area contributed by atoms with Crippen molar-refractivity contribution in [1.82, 2.24) is 9.38 Å². The fourth-order valence-electron chi connectivity index (χ4n) is 2.32. The maximum atomic E-state index is 5.40. The van der Waals surface area contributed by atoms with Gasteiger partial charge in [-0.3, -0.25) is 0 Å². The van der Waals surface area contributed by atoms with Gasteiger partial charge < -0.3 is 13.9 Å². The molecule has 0 bridgehead atoms. The zero-order chi connectivity index (χ0) is 11.7. The van der Waals surface area contributed by atoms with Gasteiger partial charge in [-0.15, -0.1) is 0 Å². The summed E-state index contributed by atoms with van der Waals surface area (Å²) < 4.78 is 12.7. The molecule has 1 aliphatic rings. The molecular formula is C13H16N2O2. The Kier molecular flexibility index (Phi) is 2.73. The van der Waals surface area contributed by atoms with Crippen molar-refractivity contribution in [2.75, 3.05) is 20.3 Å². The molecule has 0 N–H and O–H groups in total. The minimum atomic E-state index is 0.614. The second-order valence-electron chi connectivity index (χ2n) is 4.47. The number of nitrogens with zero attached hydrogens (tertiary/aromatic N) is 2. The molecule has 1 aliphatic heterocycles. The van der Waals surface area contributed by atoms with E-state index in [4.69, 9.17) is 9.47 Å². The van der Waals surface area contributed by atoms with Crippen molar-refractivity contribution in [1.29, 1.82) is 0 Å². The molecule has 4 heteroatoms. The molecule has 1 atom stereocenters. The van der Waals surface area contributed by atoms with Crippen molar-refractivity contribution < 1.29 is 9.47 Å². The normalized spacial score (nSPS) is 19.9. The van der Waals surface area contributed by atoms with E-state index >= 15 is 0 Å². The molecule has 2 aromatic rings. The second-order valence-corrected chi connectivity index (χ2v) is 4.47. The third-order valence-electron chi connectivity index (χ3n) is 3.31. The lowest BCUT2D eigenvalue weighted by molar-refractivity contribution is 0.185. The first kappa shape index (κ1) is 10.6. The van der Waals surface area contributed by atoms with Crippen LogP contribution in [0, 0.1) is 5.92 Å². The van der Waals surface area contributed by atoms with Gasteiger partial charge >= 0.3 is 0 Å². The minimum Gasteiger partial charge on any atom is -0.497 e. The summed E-state index contributed by atoms with van der Waals surface area (Å²) in [6.45, 7) is 1.76. The van der Waals surface area contributed by atoms with Crippen LogP contribution >= 0.6 is 0 Å². The van der Waals surface area contributed by atoms with Crippen LogP contribution in [-0.4, -0.2) is 29.7 Å². The molecule has 17 heavy (non-hydrogen) atoms. The van der Waals surface area contributed by atoms with Gasteiger partial charge in [-0.1, -0.05) is 0 Å². The molecule has 2 aromatic heterocycles. The van der Waals surface area contributed by atoms with Crippen LogP contribution in [0.4, 0.5) is 0 Å². The number of hydrogen-bond donors (Lipinski definition) is 0. The predicted octanol–water partition coefficient (Wildman–Crippen LogP) is 1.92. The molecule has 90 valence electrons. The fourth-order valence-corrected chi connectivity index (χ4v) is 2.32. The Hall–Kier alpha value is -1.55. The van der Waals surface area contributed by atoms with E-state index in [-0.39, 0.29) is 0 Å². The molecular weight excluding hydrogens is 216 g/mol. The van der Waals surface area contributed by atoms with Crippen molar-refractivity contribution in [2.45, 2.75) is 12.8 Å². The number of rotatable bonds is 3. The van der Waals surface area contributed by atoms with Crippen LogP contribution in [0.1, 0.15) is 12.2 Å². The Labute approximate surface area is 100 Å². The van der Waals surface area contributed by atoms with Crippen LogP contribution in [0.15, 0.2) is 24.5 Å². The quantitative estimate of drug-likeness (QED) is 0.811. The topological polar surface area (TPSA) is 35.8 Å². The van der Waals surface area contributed by atoms with Gasteiger partial charge in [0.15, 0.2) is 0 Å². The highest BCUT2D eigenvalue weighted by Crippen LogP contribution is 2.20. The standard InChI is InChI=1S/C13H16N2O2/c1-16-12-2-4-15-11(7-12)8-14-13(15)6-10-3-5-17-9-10/h2,4,7-8,10H,3,5-6,9H2,1H3. The number of fused-ring (bicyclic) bond motifs is 1. The van der Waals surface area contributed by atoms with Crippen LogP contribution in [0.5, 0.6) is 5.75 Å². The number of aromatic nitrogens is 2. The largest absolute Gasteiger partial charge is 0.497 e. The summed E-state index contributed by atoms with van der Waals surface area (Å²) in [5.41, 5.74) is 1.08. The highest BCUT2D eigenvalue weighted by atomic mass is 16.5. The van der Waals surface area contributed by atoms with E-state index < -0.39 is 0 Å². The zero-order valence-corrected chi connectivity index (χ0v) is 9.93. The molecule has 0 saturated carbocycles. The predicted molar refractivity (Wildman–Crippen MR) is 64.4 cm³/mol. The molecule has 0 spiro atoms. The van der Waals surface area contributed by atoms with Crippen LogP contribution in [0.3, 0.4) is 0 Å². The zero-order valence-electron chi connectivity index (χ0n) is 9.93. The highest BCUT2D eigenvalue weighted by molar-refractivity contribution is 5.50. The lowest BCUT2D eigenvalue weighted by Gasteiger charge is -2.07. The first-order chi connectivity index (χ1) is 8.36. The Morgan fingerprint density at radius 1 is 1.59 bits per heavy atom. The van der Waals surface area contributed by atoms with E-state index in [0.717, 1.165) is 43.1 Å². The van der Waals surface area contributed by atoms with Crippen LogP contribution < -0.4 is 4.74 Å². The van der Waals surface area contributed by atoms with Gasteiger partial charge in [0.05, 0.1) is 18.8 Å². The third-order valence-corrected chi connectivity index (χ3v) is 3.31. The average Bonchev–Trinajstić information content (AvgIpc) is 2.99. The van der Waals surface area contributed by atoms with E-state index in [1.165, 1.54) is 0 Å². The first-order valence-corrected chi connectivity index (χ1v) is 5.94. The smallest absolute Gasteiger partial charge is 0.122 e. The lowest BCUT2D eigenvalue weighted by atomic mass is 10.1. The van der Waals surface area contributed by atoms with E-state index in [0.29, 0.717) is 5.92 Å². The van der Waals surface area contributed by atoms with E-state index in [1.807, 2.05) is 24.5 Å². The van der Waals surface area contributed by atoms with Crippen LogP contribution in [-0.2, 0) is 11.2 Å². The third kappa shape index (κ3) is 2.00. The molecule has 4 nitrogen and oxygen atoms in total. The molecule has 3 heterocycles. The Bertz CT molecular complexity index is 515. The molecule has 0 radical (unpaired) electrons. The maximum Gasteiger partial charge on any atom is 0.122 e. The summed E-state index contributed by atoms with van der Waals surface area (Å²) in [6, 6.07) is 3.96. The molecule has 0 aromatic carbocycles. The van der Waals surface area contributed by atoms with E-state index in [1.54, 1.807) is 7.11 Å². The first-order valence-electron chi connectivity index (χ1n) is 5.94.